The molecule has 1 aliphatic carbocycles. The lowest BCUT2D eigenvalue weighted by molar-refractivity contribution is -0.136. The predicted octanol–water partition coefficient (Wildman–Crippen LogP) is 2.46. The predicted molar refractivity (Wildman–Crippen MR) is 111 cm³/mol. The van der Waals surface area contributed by atoms with Crippen LogP contribution in [0.15, 0.2) is 28.9 Å². The van der Waals surface area contributed by atoms with Crippen LogP contribution < -0.4 is 15.4 Å². The summed E-state index contributed by atoms with van der Waals surface area (Å²) in [5.41, 5.74) is 1.83. The van der Waals surface area contributed by atoms with Gasteiger partial charge < -0.3 is 29.4 Å². The maximum atomic E-state index is 13.3. The van der Waals surface area contributed by atoms with Crippen molar-refractivity contribution in [2.45, 2.75) is 44.3 Å². The standard InChI is InChI=1S/C22H31N3O4/c1-15(25(17-4-5-17)22(26)19-14-23-7-8-24-19)16-12-20(28-10-3-9-27-2)18-6-11-29-21(18)13-16/h6,11-13,15,17,19,23-24H,3-5,7-10,14H2,1-2H3/t15?,19-/m1/s1. The molecule has 2 N–H and O–H groups in total. The van der Waals surface area contributed by atoms with E-state index in [1.54, 1.807) is 13.4 Å². The summed E-state index contributed by atoms with van der Waals surface area (Å²) in [4.78, 5) is 15.4. The number of rotatable bonds is 9. The minimum Gasteiger partial charge on any atom is -0.493 e. The fourth-order valence-corrected chi connectivity index (χ4v) is 4.01. The van der Waals surface area contributed by atoms with Crippen LogP contribution in [0, 0.1) is 0 Å². The number of carbonyl (C=O) groups excluding carboxylic acids is 1. The van der Waals surface area contributed by atoms with E-state index in [1.165, 1.54) is 0 Å². The van der Waals surface area contributed by atoms with E-state index >= 15 is 0 Å². The van der Waals surface area contributed by atoms with E-state index in [2.05, 4.69) is 28.5 Å². The van der Waals surface area contributed by atoms with E-state index in [1.807, 2.05) is 12.1 Å². The topological polar surface area (TPSA) is 76.0 Å². The normalized spacial score (nSPS) is 20.6. The zero-order valence-electron chi connectivity index (χ0n) is 17.3. The Morgan fingerprint density at radius 2 is 2.17 bits per heavy atom. The maximum absolute atomic E-state index is 13.3. The summed E-state index contributed by atoms with van der Waals surface area (Å²) in [6, 6.07) is 6.14. The number of furan rings is 1. The third kappa shape index (κ3) is 4.57. The van der Waals surface area contributed by atoms with Crippen molar-refractivity contribution in [1.82, 2.24) is 15.5 Å². The van der Waals surface area contributed by atoms with Crippen molar-refractivity contribution in [2.24, 2.45) is 0 Å². The quantitative estimate of drug-likeness (QED) is 0.629. The van der Waals surface area contributed by atoms with E-state index in [0.717, 1.165) is 54.6 Å². The second-order valence-electron chi connectivity index (χ2n) is 7.91. The van der Waals surface area contributed by atoms with Gasteiger partial charge in [-0.2, -0.15) is 0 Å². The summed E-state index contributed by atoms with van der Waals surface area (Å²) in [6.07, 6.45) is 4.64. The first-order valence-corrected chi connectivity index (χ1v) is 10.6. The molecule has 0 bridgehead atoms. The third-order valence-corrected chi connectivity index (χ3v) is 5.74. The Hall–Kier alpha value is -2.09. The molecule has 1 saturated carbocycles. The Kier molecular flexibility index (Phi) is 6.37. The lowest BCUT2D eigenvalue weighted by atomic mass is 10.0. The van der Waals surface area contributed by atoms with Gasteiger partial charge in [-0.15, -0.1) is 0 Å². The molecule has 1 unspecified atom stereocenters. The van der Waals surface area contributed by atoms with Crippen LogP contribution in [-0.4, -0.2) is 62.8 Å². The summed E-state index contributed by atoms with van der Waals surface area (Å²) < 4.78 is 16.8. The number of ether oxygens (including phenoxy) is 2. The molecule has 1 amide bonds. The van der Waals surface area contributed by atoms with E-state index in [-0.39, 0.29) is 18.0 Å². The average Bonchev–Trinajstić information content (AvgIpc) is 3.46. The van der Waals surface area contributed by atoms with Crippen molar-refractivity contribution in [2.75, 3.05) is 40.0 Å². The number of nitrogens with zero attached hydrogens (tertiary/aromatic N) is 1. The van der Waals surface area contributed by atoms with Gasteiger partial charge in [0.1, 0.15) is 11.3 Å². The smallest absolute Gasteiger partial charge is 0.241 e. The minimum absolute atomic E-state index is 0.0467. The van der Waals surface area contributed by atoms with Crippen LogP contribution in [0.4, 0.5) is 0 Å². The van der Waals surface area contributed by atoms with Crippen molar-refractivity contribution in [3.8, 4) is 5.75 Å². The van der Waals surface area contributed by atoms with Crippen molar-refractivity contribution in [1.29, 1.82) is 0 Å². The molecule has 158 valence electrons. The molecular formula is C22H31N3O4. The van der Waals surface area contributed by atoms with Crippen LogP contribution in [0.1, 0.15) is 37.8 Å². The highest BCUT2D eigenvalue weighted by Crippen LogP contribution is 2.38. The van der Waals surface area contributed by atoms with Gasteiger partial charge in [0.05, 0.1) is 30.3 Å². The summed E-state index contributed by atoms with van der Waals surface area (Å²) in [6.45, 7) is 5.75. The number of carbonyl (C=O) groups is 1. The highest BCUT2D eigenvalue weighted by molar-refractivity contribution is 5.86. The number of nitrogens with one attached hydrogen (secondary N) is 2. The Morgan fingerprint density at radius 3 is 2.90 bits per heavy atom. The molecule has 4 rings (SSSR count). The van der Waals surface area contributed by atoms with Crippen LogP contribution >= 0.6 is 0 Å². The molecule has 2 fully saturated rings. The summed E-state index contributed by atoms with van der Waals surface area (Å²) >= 11 is 0. The molecule has 2 aromatic rings. The summed E-state index contributed by atoms with van der Waals surface area (Å²) in [7, 11) is 1.69. The molecule has 2 aliphatic rings. The Labute approximate surface area is 171 Å². The fourth-order valence-electron chi connectivity index (χ4n) is 4.01. The number of fused-ring (bicyclic) bond motifs is 1. The largest absolute Gasteiger partial charge is 0.493 e. The molecule has 1 aliphatic heterocycles. The van der Waals surface area contributed by atoms with Gasteiger partial charge in [-0.05, 0) is 43.5 Å². The first-order valence-electron chi connectivity index (χ1n) is 10.6. The summed E-state index contributed by atoms with van der Waals surface area (Å²) in [5.74, 6) is 0.976. The fraction of sp³-hybridized carbons (Fsp3) is 0.591. The van der Waals surface area contributed by atoms with Gasteiger partial charge >= 0.3 is 0 Å². The van der Waals surface area contributed by atoms with Crippen molar-refractivity contribution < 1.29 is 18.7 Å². The average molecular weight is 402 g/mol. The molecular weight excluding hydrogens is 370 g/mol. The summed E-state index contributed by atoms with van der Waals surface area (Å²) in [5, 5.41) is 7.63. The molecule has 7 nitrogen and oxygen atoms in total. The lowest BCUT2D eigenvalue weighted by Gasteiger charge is -2.35. The number of benzene rings is 1. The zero-order valence-corrected chi connectivity index (χ0v) is 17.3. The molecule has 7 heteroatoms. The molecule has 1 saturated heterocycles. The highest BCUT2D eigenvalue weighted by atomic mass is 16.5. The SMILES string of the molecule is COCCCOc1cc(C(C)N(C(=O)[C@H]2CNCCN2)C2CC2)cc2occc12. The number of amides is 1. The van der Waals surface area contributed by atoms with E-state index in [0.29, 0.717) is 25.8 Å². The number of hydrogen-bond acceptors (Lipinski definition) is 6. The monoisotopic (exact) mass is 401 g/mol. The molecule has 1 aromatic heterocycles. The van der Waals surface area contributed by atoms with Crippen LogP contribution in [0.5, 0.6) is 5.75 Å². The van der Waals surface area contributed by atoms with Crippen molar-refractivity contribution in [3.05, 3.63) is 30.0 Å². The van der Waals surface area contributed by atoms with E-state index in [9.17, 15) is 4.79 Å². The number of piperazine rings is 1. The van der Waals surface area contributed by atoms with Gasteiger partial charge in [-0.1, -0.05) is 0 Å². The van der Waals surface area contributed by atoms with Crippen molar-refractivity contribution >= 4 is 16.9 Å². The molecule has 29 heavy (non-hydrogen) atoms. The maximum Gasteiger partial charge on any atom is 0.241 e. The van der Waals surface area contributed by atoms with Gasteiger partial charge in [0.25, 0.3) is 0 Å². The van der Waals surface area contributed by atoms with Gasteiger partial charge in [-0.25, -0.2) is 0 Å². The molecule has 0 spiro atoms. The first kappa shape index (κ1) is 20.2. The second kappa shape index (κ2) is 9.15. The Bertz CT molecular complexity index is 827. The van der Waals surface area contributed by atoms with Crippen LogP contribution in [-0.2, 0) is 9.53 Å². The highest BCUT2D eigenvalue weighted by Gasteiger charge is 2.39. The Morgan fingerprint density at radius 1 is 1.31 bits per heavy atom. The van der Waals surface area contributed by atoms with Crippen LogP contribution in [0.2, 0.25) is 0 Å². The van der Waals surface area contributed by atoms with Gasteiger partial charge in [-0.3, -0.25) is 4.79 Å². The van der Waals surface area contributed by atoms with Gasteiger partial charge in [0.15, 0.2) is 0 Å². The molecule has 0 radical (unpaired) electrons. The van der Waals surface area contributed by atoms with Crippen molar-refractivity contribution in [3.63, 3.8) is 0 Å². The first-order chi connectivity index (χ1) is 14.2. The van der Waals surface area contributed by atoms with E-state index in [4.69, 9.17) is 13.9 Å². The third-order valence-electron chi connectivity index (χ3n) is 5.74. The molecule has 2 atom stereocenters. The molecule has 2 heterocycles. The molecule has 1 aromatic carbocycles. The van der Waals surface area contributed by atoms with Crippen LogP contribution in [0.25, 0.3) is 11.0 Å². The number of hydrogen-bond donors (Lipinski definition) is 2. The zero-order chi connectivity index (χ0) is 20.2. The second-order valence-corrected chi connectivity index (χ2v) is 7.91. The Balaban J connectivity index is 1.57. The number of methoxy groups -OCH3 is 1. The lowest BCUT2D eigenvalue weighted by Crippen LogP contribution is -2.57. The van der Waals surface area contributed by atoms with E-state index < -0.39 is 0 Å². The van der Waals surface area contributed by atoms with Gasteiger partial charge in [0, 0.05) is 45.8 Å². The minimum atomic E-state index is -0.163. The van der Waals surface area contributed by atoms with Gasteiger partial charge in [0.2, 0.25) is 5.91 Å². The van der Waals surface area contributed by atoms with Crippen LogP contribution in [0.3, 0.4) is 0 Å².